The SMILES string of the molecule is CN(C(=O)C(=O)O[C@H](C(=O)N(C)c1ccccc1)C(Cl)(Cl)Cl)c1ccccc1. The Labute approximate surface area is 177 Å². The van der Waals surface area contributed by atoms with Crippen LogP contribution in [0.15, 0.2) is 60.7 Å². The van der Waals surface area contributed by atoms with Crippen molar-refractivity contribution in [2.75, 3.05) is 23.9 Å². The van der Waals surface area contributed by atoms with E-state index in [2.05, 4.69) is 0 Å². The Morgan fingerprint density at radius 2 is 1.25 bits per heavy atom. The van der Waals surface area contributed by atoms with E-state index in [1.165, 1.54) is 19.0 Å². The van der Waals surface area contributed by atoms with Crippen LogP contribution in [0.4, 0.5) is 11.4 Å². The molecule has 0 saturated carbocycles. The maximum Gasteiger partial charge on any atom is 0.398 e. The first-order valence-electron chi connectivity index (χ1n) is 8.06. The van der Waals surface area contributed by atoms with Crippen molar-refractivity contribution in [3.63, 3.8) is 0 Å². The summed E-state index contributed by atoms with van der Waals surface area (Å²) in [6.45, 7) is 0. The summed E-state index contributed by atoms with van der Waals surface area (Å²) in [5.41, 5.74) is 0.957. The normalized spacial score (nSPS) is 12.0. The van der Waals surface area contributed by atoms with E-state index in [0.29, 0.717) is 11.4 Å². The van der Waals surface area contributed by atoms with E-state index in [0.717, 1.165) is 4.90 Å². The lowest BCUT2D eigenvalue weighted by molar-refractivity contribution is -0.160. The largest absolute Gasteiger partial charge is 0.440 e. The van der Waals surface area contributed by atoms with Gasteiger partial charge in [0, 0.05) is 25.5 Å². The lowest BCUT2D eigenvalue weighted by Crippen LogP contribution is -2.48. The predicted molar refractivity (Wildman–Crippen MR) is 110 cm³/mol. The molecule has 0 aliphatic rings. The quantitative estimate of drug-likeness (QED) is 0.411. The number of carbonyl (C=O) groups is 3. The average molecular weight is 444 g/mol. The van der Waals surface area contributed by atoms with Crippen LogP contribution >= 0.6 is 34.8 Å². The Kier molecular flexibility index (Phi) is 7.29. The third-order valence-electron chi connectivity index (χ3n) is 3.84. The summed E-state index contributed by atoms with van der Waals surface area (Å²) in [7, 11) is 2.83. The minimum atomic E-state index is -2.28. The van der Waals surface area contributed by atoms with Gasteiger partial charge in [-0.05, 0) is 24.3 Å². The van der Waals surface area contributed by atoms with Gasteiger partial charge in [-0.1, -0.05) is 71.2 Å². The Hall–Kier alpha value is -2.28. The highest BCUT2D eigenvalue weighted by molar-refractivity contribution is 6.69. The zero-order valence-electron chi connectivity index (χ0n) is 15.0. The molecule has 0 unspecified atom stereocenters. The van der Waals surface area contributed by atoms with Crippen LogP contribution in [0.3, 0.4) is 0 Å². The molecule has 0 aromatic heterocycles. The van der Waals surface area contributed by atoms with Gasteiger partial charge in [-0.2, -0.15) is 0 Å². The molecule has 28 heavy (non-hydrogen) atoms. The van der Waals surface area contributed by atoms with Crippen LogP contribution in [0.2, 0.25) is 0 Å². The van der Waals surface area contributed by atoms with Crippen molar-refractivity contribution >= 4 is 64.0 Å². The van der Waals surface area contributed by atoms with Gasteiger partial charge in [-0.15, -0.1) is 0 Å². The molecular formula is C19H17Cl3N2O4. The summed E-state index contributed by atoms with van der Waals surface area (Å²) in [5.74, 6) is -3.13. The van der Waals surface area contributed by atoms with Crippen molar-refractivity contribution in [1.82, 2.24) is 0 Å². The number of benzene rings is 2. The van der Waals surface area contributed by atoms with Gasteiger partial charge in [-0.25, -0.2) is 4.79 Å². The van der Waals surface area contributed by atoms with E-state index in [-0.39, 0.29) is 0 Å². The van der Waals surface area contributed by atoms with E-state index in [9.17, 15) is 14.4 Å². The molecule has 2 rings (SSSR count). The second-order valence-corrected chi connectivity index (χ2v) is 8.13. The number of nitrogens with zero attached hydrogens (tertiary/aromatic N) is 2. The highest BCUT2D eigenvalue weighted by Crippen LogP contribution is 2.34. The minimum Gasteiger partial charge on any atom is -0.440 e. The molecule has 0 N–H and O–H groups in total. The number of para-hydroxylation sites is 2. The molecule has 0 fully saturated rings. The van der Waals surface area contributed by atoms with Gasteiger partial charge >= 0.3 is 11.9 Å². The molecular weight excluding hydrogens is 427 g/mol. The Balaban J connectivity index is 2.19. The number of ether oxygens (including phenoxy) is 1. The number of hydrogen-bond acceptors (Lipinski definition) is 4. The topological polar surface area (TPSA) is 66.9 Å². The summed E-state index contributed by atoms with van der Waals surface area (Å²) < 4.78 is 2.73. The maximum atomic E-state index is 12.8. The number of anilines is 2. The predicted octanol–water partition coefficient (Wildman–Crippen LogP) is 3.59. The van der Waals surface area contributed by atoms with Crippen LogP contribution in [0, 0.1) is 0 Å². The number of carbonyl (C=O) groups excluding carboxylic acids is 3. The van der Waals surface area contributed by atoms with E-state index in [4.69, 9.17) is 39.5 Å². The number of amides is 2. The number of alkyl halides is 3. The fourth-order valence-electron chi connectivity index (χ4n) is 2.28. The van der Waals surface area contributed by atoms with Crippen LogP contribution in [0.5, 0.6) is 0 Å². The molecule has 6 nitrogen and oxygen atoms in total. The number of rotatable bonds is 4. The molecule has 0 heterocycles. The third-order valence-corrected chi connectivity index (χ3v) is 4.44. The van der Waals surface area contributed by atoms with E-state index in [1.807, 2.05) is 0 Å². The summed E-state index contributed by atoms with van der Waals surface area (Å²) >= 11 is 17.6. The van der Waals surface area contributed by atoms with Crippen molar-refractivity contribution < 1.29 is 19.1 Å². The first kappa shape index (κ1) is 22.0. The Morgan fingerprint density at radius 3 is 1.68 bits per heavy atom. The van der Waals surface area contributed by atoms with Gasteiger partial charge in [0.2, 0.25) is 9.90 Å². The van der Waals surface area contributed by atoms with Crippen LogP contribution in [0.1, 0.15) is 0 Å². The van der Waals surface area contributed by atoms with Crippen molar-refractivity contribution in [3.8, 4) is 0 Å². The third kappa shape index (κ3) is 5.38. The minimum absolute atomic E-state index is 0.461. The van der Waals surface area contributed by atoms with Crippen molar-refractivity contribution in [1.29, 1.82) is 0 Å². The van der Waals surface area contributed by atoms with E-state index in [1.54, 1.807) is 60.7 Å². The highest BCUT2D eigenvalue weighted by Gasteiger charge is 2.45. The zero-order valence-corrected chi connectivity index (χ0v) is 17.3. The molecule has 2 aromatic carbocycles. The van der Waals surface area contributed by atoms with Gasteiger partial charge in [0.25, 0.3) is 5.91 Å². The summed E-state index contributed by atoms with van der Waals surface area (Å²) in [5, 5.41) is 0. The van der Waals surface area contributed by atoms with Crippen LogP contribution in [-0.4, -0.2) is 41.8 Å². The smallest absolute Gasteiger partial charge is 0.398 e. The number of esters is 1. The van der Waals surface area contributed by atoms with Gasteiger partial charge in [-0.3, -0.25) is 9.59 Å². The van der Waals surface area contributed by atoms with Crippen molar-refractivity contribution in [2.24, 2.45) is 0 Å². The Bertz CT molecular complexity index is 841. The molecule has 0 radical (unpaired) electrons. The van der Waals surface area contributed by atoms with E-state index < -0.39 is 27.7 Å². The average Bonchev–Trinajstić information content (AvgIpc) is 2.70. The molecule has 2 aromatic rings. The van der Waals surface area contributed by atoms with Crippen LogP contribution in [-0.2, 0) is 19.1 Å². The second kappa shape index (κ2) is 9.28. The molecule has 0 aliphatic carbocycles. The second-order valence-electron chi connectivity index (χ2n) is 5.76. The first-order valence-corrected chi connectivity index (χ1v) is 9.19. The monoisotopic (exact) mass is 442 g/mol. The van der Waals surface area contributed by atoms with E-state index >= 15 is 0 Å². The van der Waals surface area contributed by atoms with Gasteiger partial charge in [0.05, 0.1) is 0 Å². The molecule has 0 bridgehead atoms. The van der Waals surface area contributed by atoms with Crippen molar-refractivity contribution in [2.45, 2.75) is 9.90 Å². The lowest BCUT2D eigenvalue weighted by Gasteiger charge is -2.28. The number of hydrogen-bond donors (Lipinski definition) is 0. The Morgan fingerprint density at radius 1 is 0.821 bits per heavy atom. The molecule has 0 aliphatic heterocycles. The summed E-state index contributed by atoms with van der Waals surface area (Å²) in [6, 6.07) is 16.9. The number of halogens is 3. The molecule has 0 saturated heterocycles. The number of likely N-dealkylation sites (N-methyl/N-ethyl adjacent to an activating group) is 2. The summed E-state index contributed by atoms with van der Waals surface area (Å²) in [4.78, 5) is 39.7. The van der Waals surface area contributed by atoms with Gasteiger partial charge in [0.15, 0.2) is 0 Å². The lowest BCUT2D eigenvalue weighted by atomic mass is 10.2. The fourth-order valence-corrected chi connectivity index (χ4v) is 2.69. The molecule has 1 atom stereocenters. The van der Waals surface area contributed by atoms with Crippen LogP contribution in [0.25, 0.3) is 0 Å². The zero-order chi connectivity index (χ0) is 20.9. The fraction of sp³-hybridized carbons (Fsp3) is 0.211. The highest BCUT2D eigenvalue weighted by atomic mass is 35.6. The molecule has 9 heteroatoms. The first-order chi connectivity index (χ1) is 13.1. The van der Waals surface area contributed by atoms with Gasteiger partial charge in [0.1, 0.15) is 0 Å². The van der Waals surface area contributed by atoms with Gasteiger partial charge < -0.3 is 14.5 Å². The maximum absolute atomic E-state index is 12.8. The molecule has 148 valence electrons. The molecule has 2 amide bonds. The standard InChI is InChI=1S/C19H17Cl3N2O4/c1-23(13-9-5-3-6-10-13)16(25)15(19(20,21)22)28-18(27)17(26)24(2)14-11-7-4-8-12-14/h3-12,15H,1-2H3/t15-/m1/s1. The summed E-state index contributed by atoms with van der Waals surface area (Å²) in [6.07, 6.45) is -1.82. The van der Waals surface area contributed by atoms with Crippen LogP contribution < -0.4 is 9.80 Å². The van der Waals surface area contributed by atoms with Crippen molar-refractivity contribution in [3.05, 3.63) is 60.7 Å². The molecule has 0 spiro atoms.